The molecule has 0 N–H and O–H groups in total. The zero-order chi connectivity index (χ0) is 56.7. The van der Waals surface area contributed by atoms with E-state index >= 15 is 35.1 Å². The van der Waals surface area contributed by atoms with Gasteiger partial charge in [0.15, 0.2) is 0 Å². The molecule has 0 saturated carbocycles. The highest BCUT2D eigenvalue weighted by atomic mass is 32.3. The summed E-state index contributed by atoms with van der Waals surface area (Å²) in [5.74, 6) is -95.0. The van der Waals surface area contributed by atoms with Gasteiger partial charge in [-0.2, -0.15) is 101 Å². The molecule has 0 unspecified atom stereocenters. The smallest absolute Gasteiger partial charge is 0.397 e. The summed E-state index contributed by atoms with van der Waals surface area (Å²) >= 11 is 0. The van der Waals surface area contributed by atoms with Crippen LogP contribution >= 0.6 is 10.3 Å². The van der Waals surface area contributed by atoms with Crippen molar-refractivity contribution in [3.05, 3.63) is 164 Å². The van der Waals surface area contributed by atoms with Crippen molar-refractivity contribution in [2.24, 2.45) is 0 Å². The van der Waals surface area contributed by atoms with Crippen LogP contribution in [0.3, 0.4) is 0 Å². The topological polar surface area (TPSA) is 26.3 Å². The first-order chi connectivity index (χ1) is 34.8. The lowest BCUT2D eigenvalue weighted by Crippen LogP contribution is -2.78. The number of benzene rings is 7. The molecule has 7 aromatic carbocycles. The van der Waals surface area contributed by atoms with Crippen molar-refractivity contribution in [3.63, 3.8) is 0 Å². The molecular weight excluding hydrogens is 1100 g/mol. The summed E-state index contributed by atoms with van der Waals surface area (Å²) in [4.78, 5) is 12.2. The molecule has 0 aromatic heterocycles. The molecule has 406 valence electrons. The highest BCUT2D eigenvalue weighted by Crippen LogP contribution is 2.72. The van der Waals surface area contributed by atoms with E-state index in [0.717, 1.165) is 48.5 Å². The molecule has 0 aliphatic carbocycles. The third kappa shape index (κ3) is 8.16. The van der Waals surface area contributed by atoms with Gasteiger partial charge in [-0.1, -0.05) is 127 Å². The fourth-order valence-electron chi connectivity index (χ4n) is 7.82. The van der Waals surface area contributed by atoms with E-state index in [1.165, 1.54) is 30.3 Å². The zero-order valence-corrected chi connectivity index (χ0v) is 37.8. The number of carbonyl (C=O) groups is 1. The third-order valence-corrected chi connectivity index (χ3v) is 15.2. The van der Waals surface area contributed by atoms with Crippen molar-refractivity contribution in [1.29, 1.82) is 0 Å². The molecule has 2 nitrogen and oxygen atoms in total. The second-order valence-electron chi connectivity index (χ2n) is 16.6. The second kappa shape index (κ2) is 18.5. The highest BCUT2D eigenvalue weighted by molar-refractivity contribution is 8.30. The molecule has 0 spiro atoms. The summed E-state index contributed by atoms with van der Waals surface area (Å²) in [5, 5.41) is 2.58. The molecule has 7 aromatic rings. The SMILES string of the molecule is O=C(OS(c1ccccc1)(c1ccc(-c2cccc3ccccc23)cc1)c1ccc(-c2cccc3ccccc23)cc1)C(F)(F)C(F)(F)C(F)(F)C(F)(F)C(F)(F)C(F)(F)C(F)(F)C(F)(F)C(F)(F)C(F)(F)C(F)(F)F. The molecule has 0 amide bonds. The zero-order valence-electron chi connectivity index (χ0n) is 37.0. The van der Waals surface area contributed by atoms with Crippen molar-refractivity contribution < 1.29 is 110 Å². The van der Waals surface area contributed by atoms with Gasteiger partial charge in [0.2, 0.25) is 0 Å². The van der Waals surface area contributed by atoms with Gasteiger partial charge in [0.1, 0.15) is 0 Å². The average molecular weight is 1130 g/mol. The number of carbonyl (C=O) groups excluding carboxylic acids is 1. The van der Waals surface area contributed by atoms with Crippen LogP contribution < -0.4 is 0 Å². The van der Waals surface area contributed by atoms with E-state index in [-0.39, 0.29) is 0 Å². The van der Waals surface area contributed by atoms with Gasteiger partial charge in [-0.3, -0.25) is 0 Å². The molecule has 0 saturated heterocycles. The molecule has 76 heavy (non-hydrogen) atoms. The largest absolute Gasteiger partial charge is 0.460 e. The van der Waals surface area contributed by atoms with E-state index < -0.39 is 96.4 Å². The predicted molar refractivity (Wildman–Crippen MR) is 229 cm³/mol. The van der Waals surface area contributed by atoms with Gasteiger partial charge in [-0.25, -0.2) is 4.79 Å². The molecule has 0 radical (unpaired) electrons. The minimum atomic E-state index is -9.60. The number of fused-ring (bicyclic) bond motifs is 2. The van der Waals surface area contributed by atoms with Gasteiger partial charge >= 0.3 is 71.4 Å². The van der Waals surface area contributed by atoms with Crippen LogP contribution in [0.4, 0.5) is 101 Å². The first-order valence-electron chi connectivity index (χ1n) is 21.0. The molecule has 0 fully saturated rings. The number of hydrogen-bond donors (Lipinski definition) is 0. The number of alkyl halides is 23. The van der Waals surface area contributed by atoms with Crippen molar-refractivity contribution >= 4 is 37.8 Å². The van der Waals surface area contributed by atoms with Crippen LogP contribution in [-0.2, 0) is 8.98 Å². The number of hydrogen-bond acceptors (Lipinski definition) is 2. The third-order valence-electron chi connectivity index (χ3n) is 12.0. The van der Waals surface area contributed by atoms with Crippen LogP contribution in [0.2, 0.25) is 0 Å². The molecule has 0 heterocycles. The Morgan fingerprint density at radius 3 is 0.947 bits per heavy atom. The van der Waals surface area contributed by atoms with E-state index in [4.69, 9.17) is 4.18 Å². The molecule has 0 aliphatic heterocycles. The van der Waals surface area contributed by atoms with E-state index in [2.05, 4.69) is 0 Å². The Hall–Kier alpha value is -6.73. The van der Waals surface area contributed by atoms with Crippen molar-refractivity contribution in [2.45, 2.75) is 80.1 Å². The maximum Gasteiger partial charge on any atom is 0.460 e. The van der Waals surface area contributed by atoms with Crippen LogP contribution in [0.15, 0.2) is 178 Å². The van der Waals surface area contributed by atoms with Crippen molar-refractivity contribution in [3.8, 4) is 22.3 Å². The van der Waals surface area contributed by atoms with E-state index in [1.54, 1.807) is 84.9 Å². The van der Waals surface area contributed by atoms with Crippen LogP contribution in [0.5, 0.6) is 0 Å². The van der Waals surface area contributed by atoms with Gasteiger partial charge in [-0.15, -0.1) is 0 Å². The quantitative estimate of drug-likeness (QED) is 0.0902. The first kappa shape index (κ1) is 57.0. The summed E-state index contributed by atoms with van der Waals surface area (Å²) in [6.07, 6.45) is -8.19. The summed E-state index contributed by atoms with van der Waals surface area (Å²) in [6, 6.07) is 37.9. The maximum atomic E-state index is 16.1. The second-order valence-corrected chi connectivity index (χ2v) is 19.3. The van der Waals surface area contributed by atoms with E-state index in [0.29, 0.717) is 43.8 Å². The molecule has 0 atom stereocenters. The summed E-state index contributed by atoms with van der Waals surface area (Å²) in [7, 11) is -4.62. The van der Waals surface area contributed by atoms with Crippen molar-refractivity contribution in [2.75, 3.05) is 0 Å². The van der Waals surface area contributed by atoms with Gasteiger partial charge in [0.25, 0.3) is 0 Å². The van der Waals surface area contributed by atoms with E-state index in [9.17, 15) is 70.7 Å². The Morgan fingerprint density at radius 2 is 0.592 bits per heavy atom. The molecule has 26 heteroatoms. The van der Waals surface area contributed by atoms with Gasteiger partial charge < -0.3 is 4.18 Å². The molecular formula is C50H27F23O2S. The lowest BCUT2D eigenvalue weighted by Gasteiger charge is -2.45. The number of rotatable bonds is 16. The molecule has 0 aliphatic rings. The Labute approximate surface area is 413 Å². The lowest BCUT2D eigenvalue weighted by molar-refractivity contribution is -0.477. The summed E-state index contributed by atoms with van der Waals surface area (Å²) in [6.45, 7) is 0. The Morgan fingerprint density at radius 1 is 0.303 bits per heavy atom. The van der Waals surface area contributed by atoms with Crippen LogP contribution in [0.1, 0.15) is 0 Å². The molecule has 0 bridgehead atoms. The van der Waals surface area contributed by atoms with Crippen LogP contribution in [-0.4, -0.2) is 71.4 Å². The van der Waals surface area contributed by atoms with Gasteiger partial charge in [-0.05, 0) is 90.5 Å². The highest BCUT2D eigenvalue weighted by Gasteiger charge is 2.99. The standard InChI is InChI=1S/C50H27F23O2S/c51-40(52,41(53,54)42(55,56)43(57,58)44(59,60)45(61,62)46(63,64)47(65,66)48(67,68)49(69,70)50(71,72)73)39(74)75-76(32-14-2-1-3-15-32,33-24-20-30(21-25-33)37-18-8-12-28-10-4-6-16-35(28)37)34-26-22-31(23-27-34)38-19-9-13-29-11-5-7-17-36(29)38/h1-27H. The van der Waals surface area contributed by atoms with Gasteiger partial charge in [0, 0.05) is 14.7 Å². The summed E-state index contributed by atoms with van der Waals surface area (Å²) < 4.78 is 337. The minimum absolute atomic E-state index is 0.303. The normalized spacial score (nSPS) is 14.5. The first-order valence-corrected chi connectivity index (χ1v) is 22.5. The van der Waals surface area contributed by atoms with Crippen LogP contribution in [0.25, 0.3) is 43.8 Å². The molecule has 7 rings (SSSR count). The van der Waals surface area contributed by atoms with Gasteiger partial charge in [0.05, 0.1) is 0 Å². The fraction of sp³-hybridized carbons (Fsp3) is 0.220. The fourth-order valence-corrected chi connectivity index (χ4v) is 10.8. The Bertz CT molecular complexity index is 3130. The van der Waals surface area contributed by atoms with Crippen LogP contribution in [0, 0.1) is 0 Å². The Balaban J connectivity index is 1.36. The average Bonchev–Trinajstić information content (AvgIpc) is 3.38. The maximum absolute atomic E-state index is 16.1. The van der Waals surface area contributed by atoms with E-state index in [1.807, 2.05) is 0 Å². The predicted octanol–water partition coefficient (Wildman–Crippen LogP) is 18.0. The Kier molecular flexibility index (Phi) is 13.9. The monoisotopic (exact) mass is 1130 g/mol. The lowest BCUT2D eigenvalue weighted by atomic mass is 9.85. The van der Waals surface area contributed by atoms with Crippen molar-refractivity contribution in [1.82, 2.24) is 0 Å². The minimum Gasteiger partial charge on any atom is -0.397 e. The number of halogens is 23. The summed E-state index contributed by atoms with van der Waals surface area (Å²) in [5.41, 5.74) is 1.56.